The molecule has 0 aliphatic heterocycles. The van der Waals surface area contributed by atoms with Gasteiger partial charge in [-0.05, 0) is 42.7 Å². The van der Waals surface area contributed by atoms with Gasteiger partial charge in [0, 0.05) is 0 Å². The van der Waals surface area contributed by atoms with Gasteiger partial charge in [-0.15, -0.1) is 0 Å². The highest BCUT2D eigenvalue weighted by atomic mass is 35.5. The summed E-state index contributed by atoms with van der Waals surface area (Å²) in [4.78, 5) is 0. The number of hydrogen-bond acceptors (Lipinski definition) is 5. The predicted molar refractivity (Wildman–Crippen MR) is 111 cm³/mol. The third kappa shape index (κ3) is 3.38. The molecule has 0 amide bonds. The summed E-state index contributed by atoms with van der Waals surface area (Å²) >= 11 is 6.46. The molecule has 0 unspecified atom stereocenters. The van der Waals surface area contributed by atoms with Gasteiger partial charge < -0.3 is 10.5 Å². The summed E-state index contributed by atoms with van der Waals surface area (Å²) in [5, 5.41) is 5.63. The van der Waals surface area contributed by atoms with Crippen molar-refractivity contribution < 1.29 is 13.2 Å². The van der Waals surface area contributed by atoms with Gasteiger partial charge >= 0.3 is 0 Å². The van der Waals surface area contributed by atoms with Gasteiger partial charge in [0.25, 0.3) is 0 Å². The maximum Gasteiger partial charge on any atom is 0.233 e. The maximum absolute atomic E-state index is 12.7. The van der Waals surface area contributed by atoms with Gasteiger partial charge in [-0.25, -0.2) is 12.7 Å². The lowest BCUT2D eigenvalue weighted by Gasteiger charge is -2.21. The maximum atomic E-state index is 12.7. The quantitative estimate of drug-likeness (QED) is 0.615. The molecule has 1 aliphatic carbocycles. The zero-order chi connectivity index (χ0) is 20.1. The Morgan fingerprint density at radius 3 is 2.50 bits per heavy atom. The van der Waals surface area contributed by atoms with E-state index in [1.165, 1.54) is 10.6 Å². The summed E-state index contributed by atoms with van der Waals surface area (Å²) in [7, 11) is -2.03. The zero-order valence-electron chi connectivity index (χ0n) is 15.6. The predicted octanol–water partition coefficient (Wildman–Crippen LogP) is 3.58. The SMILES string of the molecule is COc1ccc(CN(c2nn(C3CC3)c3c(N)ccc(Cl)c23)S(C)(=O)=O)cc1. The van der Waals surface area contributed by atoms with E-state index in [1.54, 1.807) is 31.4 Å². The molecule has 28 heavy (non-hydrogen) atoms. The molecule has 3 aromatic rings. The average molecular weight is 421 g/mol. The molecule has 4 rings (SSSR count). The monoisotopic (exact) mass is 420 g/mol. The molecule has 148 valence electrons. The first-order valence-electron chi connectivity index (χ1n) is 8.86. The summed E-state index contributed by atoms with van der Waals surface area (Å²) in [5.74, 6) is 1.01. The highest BCUT2D eigenvalue weighted by molar-refractivity contribution is 7.92. The van der Waals surface area contributed by atoms with Crippen LogP contribution in [-0.2, 0) is 16.6 Å². The largest absolute Gasteiger partial charge is 0.497 e. The fraction of sp³-hybridized carbons (Fsp3) is 0.316. The van der Waals surface area contributed by atoms with E-state index in [2.05, 4.69) is 5.10 Å². The van der Waals surface area contributed by atoms with Crippen molar-refractivity contribution >= 4 is 44.0 Å². The summed E-state index contributed by atoms with van der Waals surface area (Å²) in [6.45, 7) is 0.130. The Hall–Kier alpha value is -2.45. The van der Waals surface area contributed by atoms with Crippen LogP contribution in [0.25, 0.3) is 10.9 Å². The average Bonchev–Trinajstić information content (AvgIpc) is 3.42. The van der Waals surface area contributed by atoms with Crippen LogP contribution in [0.1, 0.15) is 24.4 Å². The van der Waals surface area contributed by atoms with Gasteiger partial charge in [0.2, 0.25) is 10.0 Å². The van der Waals surface area contributed by atoms with Crippen molar-refractivity contribution in [3.05, 3.63) is 47.0 Å². The zero-order valence-corrected chi connectivity index (χ0v) is 17.2. The van der Waals surface area contributed by atoms with Crippen LogP contribution >= 0.6 is 11.6 Å². The van der Waals surface area contributed by atoms with Crippen LogP contribution in [0.3, 0.4) is 0 Å². The lowest BCUT2D eigenvalue weighted by molar-refractivity contribution is 0.414. The van der Waals surface area contributed by atoms with Crippen LogP contribution in [0.4, 0.5) is 11.5 Å². The number of rotatable bonds is 6. The Kier molecular flexibility index (Phi) is 4.63. The van der Waals surface area contributed by atoms with Gasteiger partial charge in [0.1, 0.15) is 5.75 Å². The van der Waals surface area contributed by atoms with E-state index in [1.807, 2.05) is 16.8 Å². The van der Waals surface area contributed by atoms with Crippen LogP contribution in [0, 0.1) is 0 Å². The third-order valence-corrected chi connectivity index (χ3v) is 6.25. The molecule has 0 spiro atoms. The molecule has 0 bridgehead atoms. The molecule has 0 radical (unpaired) electrons. The molecular formula is C19H21ClN4O3S. The Morgan fingerprint density at radius 2 is 1.93 bits per heavy atom. The van der Waals surface area contributed by atoms with E-state index in [0.717, 1.165) is 18.4 Å². The number of ether oxygens (including phenoxy) is 1. The van der Waals surface area contributed by atoms with E-state index >= 15 is 0 Å². The summed E-state index contributed by atoms with van der Waals surface area (Å²) in [5.41, 5.74) is 8.22. The van der Waals surface area contributed by atoms with Gasteiger partial charge in [-0.3, -0.25) is 4.68 Å². The molecule has 1 aliphatic rings. The molecule has 9 heteroatoms. The van der Waals surface area contributed by atoms with Crippen LogP contribution in [0.15, 0.2) is 36.4 Å². The van der Waals surface area contributed by atoms with Gasteiger partial charge in [0.05, 0.1) is 47.6 Å². The molecule has 1 fully saturated rings. The number of aromatic nitrogens is 2. The molecule has 2 N–H and O–H groups in total. The van der Waals surface area contributed by atoms with Crippen molar-refractivity contribution in [3.63, 3.8) is 0 Å². The van der Waals surface area contributed by atoms with Gasteiger partial charge in [-0.1, -0.05) is 23.7 Å². The van der Waals surface area contributed by atoms with Crippen LogP contribution < -0.4 is 14.8 Å². The van der Waals surface area contributed by atoms with Crippen LogP contribution in [-0.4, -0.2) is 31.6 Å². The van der Waals surface area contributed by atoms with Crippen molar-refractivity contribution in [2.75, 3.05) is 23.4 Å². The van der Waals surface area contributed by atoms with Crippen LogP contribution in [0.5, 0.6) is 5.75 Å². The number of hydrogen-bond donors (Lipinski definition) is 1. The van der Waals surface area contributed by atoms with Gasteiger partial charge in [-0.2, -0.15) is 5.10 Å². The lowest BCUT2D eigenvalue weighted by Crippen LogP contribution is -2.30. The Morgan fingerprint density at radius 1 is 1.25 bits per heavy atom. The number of anilines is 2. The van der Waals surface area contributed by atoms with Crippen molar-refractivity contribution in [2.45, 2.75) is 25.4 Å². The van der Waals surface area contributed by atoms with Crippen molar-refractivity contribution in [1.82, 2.24) is 9.78 Å². The fourth-order valence-corrected chi connectivity index (χ4v) is 4.31. The Balaban J connectivity index is 1.87. The van der Waals surface area contributed by atoms with Gasteiger partial charge in [0.15, 0.2) is 5.82 Å². The van der Waals surface area contributed by atoms with E-state index in [0.29, 0.717) is 33.2 Å². The van der Waals surface area contributed by atoms with E-state index in [9.17, 15) is 8.42 Å². The molecule has 1 saturated carbocycles. The number of nitrogens with two attached hydrogens (primary N) is 1. The van der Waals surface area contributed by atoms with Crippen molar-refractivity contribution in [3.8, 4) is 5.75 Å². The number of benzene rings is 2. The van der Waals surface area contributed by atoms with Crippen molar-refractivity contribution in [2.24, 2.45) is 0 Å². The normalized spacial score (nSPS) is 14.4. The number of halogens is 1. The first-order valence-corrected chi connectivity index (χ1v) is 11.1. The second-order valence-electron chi connectivity index (χ2n) is 6.98. The fourth-order valence-electron chi connectivity index (χ4n) is 3.25. The number of methoxy groups -OCH3 is 1. The van der Waals surface area contributed by atoms with E-state index in [4.69, 9.17) is 22.1 Å². The first-order chi connectivity index (χ1) is 13.3. The minimum atomic E-state index is -3.62. The number of sulfonamides is 1. The summed E-state index contributed by atoms with van der Waals surface area (Å²) in [6.07, 6.45) is 3.14. The van der Waals surface area contributed by atoms with Crippen molar-refractivity contribution in [1.29, 1.82) is 0 Å². The number of fused-ring (bicyclic) bond motifs is 1. The Bertz CT molecular complexity index is 1140. The highest BCUT2D eigenvalue weighted by Gasteiger charge is 2.32. The highest BCUT2D eigenvalue weighted by Crippen LogP contribution is 2.43. The smallest absolute Gasteiger partial charge is 0.233 e. The standard InChI is InChI=1S/C19H21ClN4O3S/c1-27-14-7-3-12(4-8-14)11-23(28(2,25)26)19-17-15(20)9-10-16(21)18(17)24(22-19)13-5-6-13/h3-4,7-10,13H,5-6,11,21H2,1-2H3. The molecule has 1 heterocycles. The third-order valence-electron chi connectivity index (χ3n) is 4.83. The van der Waals surface area contributed by atoms with E-state index < -0.39 is 10.0 Å². The number of nitrogen functional groups attached to an aromatic ring is 1. The molecule has 2 aromatic carbocycles. The minimum absolute atomic E-state index is 0.130. The lowest BCUT2D eigenvalue weighted by atomic mass is 10.2. The first kappa shape index (κ1) is 18.9. The molecule has 0 atom stereocenters. The minimum Gasteiger partial charge on any atom is -0.497 e. The molecule has 0 saturated heterocycles. The van der Waals surface area contributed by atoms with E-state index in [-0.39, 0.29) is 12.6 Å². The summed E-state index contributed by atoms with van der Waals surface area (Å²) in [6, 6.07) is 10.9. The topological polar surface area (TPSA) is 90.4 Å². The second kappa shape index (κ2) is 6.86. The number of nitrogens with zero attached hydrogens (tertiary/aromatic N) is 3. The molecule has 1 aromatic heterocycles. The molecular weight excluding hydrogens is 400 g/mol. The summed E-state index contributed by atoms with van der Waals surface area (Å²) < 4.78 is 33.6. The second-order valence-corrected chi connectivity index (χ2v) is 9.29. The molecule has 7 nitrogen and oxygen atoms in total. The Labute approximate surface area is 168 Å². The van der Waals surface area contributed by atoms with Crippen LogP contribution in [0.2, 0.25) is 5.02 Å².